The van der Waals surface area contributed by atoms with Crippen LogP contribution in [-0.2, 0) is 24.4 Å². The van der Waals surface area contributed by atoms with Crippen LogP contribution in [0.3, 0.4) is 0 Å². The third-order valence-corrected chi connectivity index (χ3v) is 7.21. The highest BCUT2D eigenvalue weighted by Crippen LogP contribution is 2.33. The van der Waals surface area contributed by atoms with Crippen molar-refractivity contribution in [3.05, 3.63) is 54.6 Å². The van der Waals surface area contributed by atoms with Crippen molar-refractivity contribution in [1.29, 1.82) is 0 Å². The first-order valence-corrected chi connectivity index (χ1v) is 11.6. The number of hydrogen-bond acceptors (Lipinski definition) is 6. The number of hydroxylamine groups is 1. The second kappa shape index (κ2) is 8.83. The number of benzene rings is 2. The largest absolute Gasteiger partial charge is 0.352 e. The maximum Gasteiger partial charge on any atom is 0.261 e. The van der Waals surface area contributed by atoms with Crippen molar-refractivity contribution in [1.82, 2.24) is 10.2 Å². The molecular weight excluding hydrogens is 424 g/mol. The molecule has 0 bridgehead atoms. The summed E-state index contributed by atoms with van der Waals surface area (Å²) in [5.74, 6) is -1.66. The Balaban J connectivity index is 1.69. The van der Waals surface area contributed by atoms with Crippen LogP contribution in [-0.4, -0.2) is 33.3 Å². The van der Waals surface area contributed by atoms with Crippen LogP contribution in [0, 0.1) is 0 Å². The smallest absolute Gasteiger partial charge is 0.261 e. The number of fused-ring (bicyclic) bond motifs is 1. The van der Waals surface area contributed by atoms with Crippen molar-refractivity contribution in [3.8, 4) is 10.4 Å². The van der Waals surface area contributed by atoms with E-state index < -0.39 is 27.8 Å². The first-order chi connectivity index (χ1) is 14.1. The van der Waals surface area contributed by atoms with Crippen LogP contribution >= 0.6 is 11.3 Å². The topological polar surface area (TPSA) is 93.7 Å². The summed E-state index contributed by atoms with van der Waals surface area (Å²) in [6.45, 7) is 4.65. The summed E-state index contributed by atoms with van der Waals surface area (Å²) in [6, 6.07) is 15.7. The summed E-state index contributed by atoms with van der Waals surface area (Å²) in [4.78, 5) is 18.4. The fourth-order valence-electron chi connectivity index (χ4n) is 2.58. The summed E-state index contributed by atoms with van der Waals surface area (Å²) in [6.07, 6.45) is 0. The standard InChI is InChI=1S/C21H24N2O5S2/c1-14(20(24)22-28-21(2,3)27-4)23-30(25,26)17-11-9-15(10-12-17)19-13-16-7-5-6-8-18(16)29-19/h5-14,23H,1-4H3,(H,22,24)/t14-/m1/s1. The molecule has 30 heavy (non-hydrogen) atoms. The Hall–Kier alpha value is -2.30. The van der Waals surface area contributed by atoms with Gasteiger partial charge in [0.2, 0.25) is 10.0 Å². The molecule has 0 aliphatic carbocycles. The van der Waals surface area contributed by atoms with E-state index in [1.165, 1.54) is 30.9 Å². The summed E-state index contributed by atoms with van der Waals surface area (Å²) >= 11 is 1.65. The second-order valence-electron chi connectivity index (χ2n) is 7.19. The monoisotopic (exact) mass is 448 g/mol. The van der Waals surface area contributed by atoms with Crippen molar-refractivity contribution in [2.45, 2.75) is 37.5 Å². The number of carbonyl (C=O) groups is 1. The van der Waals surface area contributed by atoms with E-state index in [0.717, 1.165) is 15.8 Å². The normalized spacial score (nSPS) is 13.3. The van der Waals surface area contributed by atoms with E-state index in [2.05, 4.69) is 22.3 Å². The number of hydrogen-bond donors (Lipinski definition) is 2. The fraction of sp³-hybridized carbons (Fsp3) is 0.286. The van der Waals surface area contributed by atoms with Gasteiger partial charge in [-0.3, -0.25) is 4.79 Å². The number of methoxy groups -OCH3 is 1. The molecular formula is C21H24N2O5S2. The van der Waals surface area contributed by atoms with Gasteiger partial charge in [0.1, 0.15) is 6.04 Å². The summed E-state index contributed by atoms with van der Waals surface area (Å²) < 4.78 is 33.8. The molecule has 2 aromatic carbocycles. The molecule has 0 aliphatic heterocycles. The minimum Gasteiger partial charge on any atom is -0.352 e. The number of ether oxygens (including phenoxy) is 1. The quantitative estimate of drug-likeness (QED) is 0.405. The average molecular weight is 449 g/mol. The predicted octanol–water partition coefficient (Wildman–Crippen LogP) is 3.67. The van der Waals surface area contributed by atoms with E-state index in [9.17, 15) is 13.2 Å². The maximum absolute atomic E-state index is 12.6. The molecule has 1 aromatic heterocycles. The third kappa shape index (κ3) is 5.24. The molecule has 0 radical (unpaired) electrons. The van der Waals surface area contributed by atoms with Gasteiger partial charge in [-0.1, -0.05) is 30.3 Å². The van der Waals surface area contributed by atoms with Gasteiger partial charge in [0.25, 0.3) is 5.91 Å². The first-order valence-electron chi connectivity index (χ1n) is 9.26. The zero-order valence-electron chi connectivity index (χ0n) is 17.1. The van der Waals surface area contributed by atoms with Crippen molar-refractivity contribution < 1.29 is 22.8 Å². The Bertz CT molecular complexity index is 1100. The molecule has 0 aliphatic rings. The van der Waals surface area contributed by atoms with Gasteiger partial charge >= 0.3 is 0 Å². The molecule has 160 valence electrons. The van der Waals surface area contributed by atoms with Crippen LogP contribution in [0.15, 0.2) is 59.5 Å². The van der Waals surface area contributed by atoms with E-state index in [1.807, 2.05) is 18.2 Å². The number of rotatable bonds is 8. The fourth-order valence-corrected chi connectivity index (χ4v) is 4.85. The summed E-state index contributed by atoms with van der Waals surface area (Å²) in [5.41, 5.74) is 3.13. The van der Waals surface area contributed by atoms with E-state index in [1.54, 1.807) is 37.3 Å². The molecule has 2 N–H and O–H groups in total. The molecule has 0 unspecified atom stereocenters. The SMILES string of the molecule is COC(C)(C)ONC(=O)[C@@H](C)NS(=O)(=O)c1ccc(-c2cc3ccccc3s2)cc1. The lowest BCUT2D eigenvalue weighted by Crippen LogP contribution is -2.47. The van der Waals surface area contributed by atoms with Crippen molar-refractivity contribution in [2.24, 2.45) is 0 Å². The van der Waals surface area contributed by atoms with Gasteiger partial charge in [-0.2, -0.15) is 4.72 Å². The number of thiophene rings is 1. The van der Waals surface area contributed by atoms with Gasteiger partial charge in [-0.05, 0) is 56.0 Å². The van der Waals surface area contributed by atoms with Crippen LogP contribution in [0.2, 0.25) is 0 Å². The molecule has 7 nitrogen and oxygen atoms in total. The molecule has 1 amide bonds. The van der Waals surface area contributed by atoms with Gasteiger partial charge < -0.3 is 4.74 Å². The van der Waals surface area contributed by atoms with E-state index in [4.69, 9.17) is 9.57 Å². The van der Waals surface area contributed by atoms with Crippen LogP contribution in [0.5, 0.6) is 0 Å². The highest BCUT2D eigenvalue weighted by molar-refractivity contribution is 7.89. The Kier molecular flexibility index (Phi) is 6.59. The van der Waals surface area contributed by atoms with Crippen molar-refractivity contribution in [2.75, 3.05) is 7.11 Å². The van der Waals surface area contributed by atoms with Gasteiger partial charge in [0, 0.05) is 16.7 Å². The molecule has 3 aromatic rings. The minimum absolute atomic E-state index is 0.0742. The lowest BCUT2D eigenvalue weighted by atomic mass is 10.1. The van der Waals surface area contributed by atoms with Crippen LogP contribution < -0.4 is 10.2 Å². The van der Waals surface area contributed by atoms with Gasteiger partial charge in [-0.25, -0.2) is 18.7 Å². The second-order valence-corrected chi connectivity index (χ2v) is 9.99. The Labute approximate surface area is 180 Å². The lowest BCUT2D eigenvalue weighted by Gasteiger charge is -2.23. The first kappa shape index (κ1) is 22.4. The number of nitrogens with one attached hydrogen (secondary N) is 2. The van der Waals surface area contributed by atoms with Crippen LogP contribution in [0.25, 0.3) is 20.5 Å². The van der Waals surface area contributed by atoms with Crippen molar-refractivity contribution >= 4 is 37.4 Å². The van der Waals surface area contributed by atoms with E-state index in [0.29, 0.717) is 0 Å². The van der Waals surface area contributed by atoms with Crippen molar-refractivity contribution in [3.63, 3.8) is 0 Å². The predicted molar refractivity (Wildman–Crippen MR) is 117 cm³/mol. The molecule has 0 saturated carbocycles. The zero-order chi connectivity index (χ0) is 21.9. The lowest BCUT2D eigenvalue weighted by molar-refractivity contribution is -0.232. The molecule has 0 saturated heterocycles. The molecule has 0 spiro atoms. The van der Waals surface area contributed by atoms with Gasteiger partial charge in [-0.15, -0.1) is 11.3 Å². The minimum atomic E-state index is -3.88. The van der Waals surface area contributed by atoms with E-state index >= 15 is 0 Å². The summed E-state index contributed by atoms with van der Waals surface area (Å²) in [5, 5.41) is 1.15. The molecule has 1 atom stereocenters. The summed E-state index contributed by atoms with van der Waals surface area (Å²) in [7, 11) is -2.45. The number of amides is 1. The third-order valence-electron chi connectivity index (χ3n) is 4.49. The van der Waals surface area contributed by atoms with Crippen LogP contribution in [0.1, 0.15) is 20.8 Å². The Morgan fingerprint density at radius 1 is 1.10 bits per heavy atom. The molecule has 3 rings (SSSR count). The maximum atomic E-state index is 12.6. The highest BCUT2D eigenvalue weighted by atomic mass is 32.2. The van der Waals surface area contributed by atoms with Gasteiger partial charge in [0.15, 0.2) is 5.79 Å². The number of sulfonamides is 1. The Morgan fingerprint density at radius 2 is 1.77 bits per heavy atom. The number of carbonyl (C=O) groups excluding carboxylic acids is 1. The highest BCUT2D eigenvalue weighted by Gasteiger charge is 2.25. The van der Waals surface area contributed by atoms with Crippen LogP contribution in [0.4, 0.5) is 0 Å². The molecule has 0 fully saturated rings. The average Bonchev–Trinajstić information content (AvgIpc) is 3.16. The Morgan fingerprint density at radius 3 is 2.40 bits per heavy atom. The van der Waals surface area contributed by atoms with Gasteiger partial charge in [0.05, 0.1) is 4.90 Å². The van der Waals surface area contributed by atoms with E-state index in [-0.39, 0.29) is 4.90 Å². The molecule has 1 heterocycles. The molecule has 9 heteroatoms. The zero-order valence-corrected chi connectivity index (χ0v) is 18.8.